The number of hydrogen-bond acceptors (Lipinski definition) is 4. The molecular formula is C17H23NO3. The molecule has 0 aliphatic heterocycles. The molecule has 4 heteroatoms. The second kappa shape index (κ2) is 7.74. The van der Waals surface area contributed by atoms with E-state index < -0.39 is 0 Å². The lowest BCUT2D eigenvalue weighted by molar-refractivity contribution is 0.271. The number of allylic oxidation sites excluding steroid dienone is 2. The lowest BCUT2D eigenvalue weighted by Gasteiger charge is -2.26. The molecule has 0 atom stereocenters. The molecule has 0 amide bonds. The Labute approximate surface area is 126 Å². The maximum Gasteiger partial charge on any atom is 0.119 e. The number of benzene rings is 1. The van der Waals surface area contributed by atoms with Crippen molar-refractivity contribution >= 4 is 5.69 Å². The molecule has 0 unspecified atom stereocenters. The van der Waals surface area contributed by atoms with Crippen LogP contribution in [0.4, 0.5) is 5.69 Å². The third-order valence-corrected chi connectivity index (χ3v) is 3.63. The van der Waals surface area contributed by atoms with Crippen LogP contribution in [-0.2, 0) is 4.74 Å². The number of aliphatic hydroxyl groups excluding tert-OH is 1. The van der Waals surface area contributed by atoms with Gasteiger partial charge >= 0.3 is 0 Å². The monoisotopic (exact) mass is 289 g/mol. The molecular weight excluding hydrogens is 266 g/mol. The Morgan fingerprint density at radius 3 is 2.52 bits per heavy atom. The van der Waals surface area contributed by atoms with E-state index in [1.165, 1.54) is 5.57 Å². The van der Waals surface area contributed by atoms with Crippen LogP contribution < -0.4 is 9.64 Å². The van der Waals surface area contributed by atoms with Gasteiger partial charge in [0.05, 0.1) is 20.8 Å². The van der Waals surface area contributed by atoms with Crippen LogP contribution in [0.5, 0.6) is 5.75 Å². The van der Waals surface area contributed by atoms with Crippen LogP contribution in [0.25, 0.3) is 0 Å². The van der Waals surface area contributed by atoms with Crippen molar-refractivity contribution in [2.45, 2.75) is 12.8 Å². The summed E-state index contributed by atoms with van der Waals surface area (Å²) in [6.07, 6.45) is 6.26. The molecule has 1 N–H and O–H groups in total. The van der Waals surface area contributed by atoms with Gasteiger partial charge in [-0.2, -0.15) is 0 Å². The fourth-order valence-electron chi connectivity index (χ4n) is 2.49. The van der Waals surface area contributed by atoms with Crippen molar-refractivity contribution in [1.29, 1.82) is 0 Å². The third kappa shape index (κ3) is 4.02. The van der Waals surface area contributed by atoms with E-state index in [1.54, 1.807) is 14.2 Å². The van der Waals surface area contributed by atoms with Crippen LogP contribution in [0.2, 0.25) is 0 Å². The van der Waals surface area contributed by atoms with Crippen LogP contribution in [0.1, 0.15) is 12.8 Å². The van der Waals surface area contributed by atoms with Crippen molar-refractivity contribution < 1.29 is 14.6 Å². The first-order chi connectivity index (χ1) is 10.3. The maximum atomic E-state index is 9.32. The number of ether oxygens (including phenoxy) is 2. The van der Waals surface area contributed by atoms with Gasteiger partial charge in [-0.3, -0.25) is 0 Å². The molecule has 0 bridgehead atoms. The second-order valence-electron chi connectivity index (χ2n) is 4.94. The quantitative estimate of drug-likeness (QED) is 0.838. The van der Waals surface area contributed by atoms with Crippen LogP contribution >= 0.6 is 0 Å². The van der Waals surface area contributed by atoms with Crippen molar-refractivity contribution in [3.8, 4) is 5.75 Å². The first kappa shape index (κ1) is 15.4. The third-order valence-electron chi connectivity index (χ3n) is 3.63. The van der Waals surface area contributed by atoms with Gasteiger partial charge in [0.1, 0.15) is 11.5 Å². The SMILES string of the molecule is COC1=C(CN(CCO)c2ccc(OC)cc2)C=CCC1. The second-order valence-corrected chi connectivity index (χ2v) is 4.94. The van der Waals surface area contributed by atoms with E-state index in [2.05, 4.69) is 17.1 Å². The largest absolute Gasteiger partial charge is 0.501 e. The number of methoxy groups -OCH3 is 2. The fourth-order valence-corrected chi connectivity index (χ4v) is 2.49. The molecule has 0 saturated carbocycles. The van der Waals surface area contributed by atoms with E-state index in [-0.39, 0.29) is 6.61 Å². The highest BCUT2D eigenvalue weighted by Crippen LogP contribution is 2.24. The standard InChI is InChI=1S/C17H23NO3/c1-20-16-9-7-15(8-10-16)18(11-12-19)13-14-5-3-4-6-17(14)21-2/h3,5,7-10,19H,4,6,11-13H2,1-2H3. The zero-order valence-electron chi connectivity index (χ0n) is 12.7. The highest BCUT2D eigenvalue weighted by atomic mass is 16.5. The summed E-state index contributed by atoms with van der Waals surface area (Å²) in [5, 5.41) is 9.32. The number of nitrogens with zero attached hydrogens (tertiary/aromatic N) is 1. The van der Waals surface area contributed by atoms with Gasteiger partial charge in [0.15, 0.2) is 0 Å². The summed E-state index contributed by atoms with van der Waals surface area (Å²) in [4.78, 5) is 2.14. The summed E-state index contributed by atoms with van der Waals surface area (Å²) in [5.41, 5.74) is 2.24. The molecule has 0 saturated heterocycles. The van der Waals surface area contributed by atoms with E-state index >= 15 is 0 Å². The lowest BCUT2D eigenvalue weighted by Crippen LogP contribution is -2.29. The molecule has 114 valence electrons. The van der Waals surface area contributed by atoms with Crippen molar-refractivity contribution in [2.75, 3.05) is 38.8 Å². The highest BCUT2D eigenvalue weighted by Gasteiger charge is 2.14. The first-order valence-electron chi connectivity index (χ1n) is 7.21. The maximum absolute atomic E-state index is 9.32. The summed E-state index contributed by atoms with van der Waals surface area (Å²) in [7, 11) is 3.38. The smallest absolute Gasteiger partial charge is 0.119 e. The Hall–Kier alpha value is -1.94. The summed E-state index contributed by atoms with van der Waals surface area (Å²) >= 11 is 0. The zero-order chi connectivity index (χ0) is 15.1. The van der Waals surface area contributed by atoms with Gasteiger partial charge in [-0.25, -0.2) is 0 Å². The molecule has 1 aromatic rings. The molecule has 4 nitrogen and oxygen atoms in total. The Kier molecular flexibility index (Phi) is 5.69. The average molecular weight is 289 g/mol. The van der Waals surface area contributed by atoms with Crippen molar-refractivity contribution in [2.24, 2.45) is 0 Å². The first-order valence-corrected chi connectivity index (χ1v) is 7.21. The minimum absolute atomic E-state index is 0.116. The van der Waals surface area contributed by atoms with Gasteiger partial charge in [0.2, 0.25) is 0 Å². The number of aliphatic hydroxyl groups is 1. The van der Waals surface area contributed by atoms with Gasteiger partial charge in [0.25, 0.3) is 0 Å². The predicted octanol–water partition coefficient (Wildman–Crippen LogP) is 2.74. The molecule has 0 aromatic heterocycles. The van der Waals surface area contributed by atoms with Crippen molar-refractivity contribution in [1.82, 2.24) is 0 Å². The lowest BCUT2D eigenvalue weighted by atomic mass is 10.0. The van der Waals surface area contributed by atoms with E-state index in [1.807, 2.05) is 24.3 Å². The zero-order valence-corrected chi connectivity index (χ0v) is 12.7. The Balaban J connectivity index is 2.18. The molecule has 0 radical (unpaired) electrons. The highest BCUT2D eigenvalue weighted by molar-refractivity contribution is 5.51. The normalized spacial score (nSPS) is 14.2. The van der Waals surface area contributed by atoms with Gasteiger partial charge < -0.3 is 19.5 Å². The van der Waals surface area contributed by atoms with E-state index in [9.17, 15) is 5.11 Å². The predicted molar refractivity (Wildman–Crippen MR) is 84.7 cm³/mol. The summed E-state index contributed by atoms with van der Waals surface area (Å²) in [5.74, 6) is 1.87. The minimum atomic E-state index is 0.116. The van der Waals surface area contributed by atoms with Crippen molar-refractivity contribution in [3.05, 3.63) is 47.7 Å². The molecule has 21 heavy (non-hydrogen) atoms. The average Bonchev–Trinajstić information content (AvgIpc) is 2.55. The van der Waals surface area contributed by atoms with Gasteiger partial charge in [-0.15, -0.1) is 0 Å². The number of hydrogen-bond donors (Lipinski definition) is 1. The molecule has 0 spiro atoms. The van der Waals surface area contributed by atoms with Crippen LogP contribution in [0.15, 0.2) is 47.7 Å². The molecule has 1 aromatic carbocycles. The molecule has 0 fully saturated rings. The Morgan fingerprint density at radius 2 is 1.90 bits per heavy atom. The Bertz CT molecular complexity index is 505. The molecule has 0 heterocycles. The number of rotatable bonds is 7. The van der Waals surface area contributed by atoms with Crippen LogP contribution in [-0.4, -0.2) is 39.0 Å². The Morgan fingerprint density at radius 1 is 1.14 bits per heavy atom. The van der Waals surface area contributed by atoms with Gasteiger partial charge in [-0.1, -0.05) is 12.2 Å². The van der Waals surface area contributed by atoms with E-state index in [0.29, 0.717) is 6.54 Å². The van der Waals surface area contributed by atoms with Gasteiger partial charge in [-0.05, 0) is 30.7 Å². The van der Waals surface area contributed by atoms with Crippen LogP contribution in [0, 0.1) is 0 Å². The number of anilines is 1. The van der Waals surface area contributed by atoms with Gasteiger partial charge in [0, 0.05) is 30.8 Å². The topological polar surface area (TPSA) is 41.9 Å². The molecule has 2 rings (SSSR count). The van der Waals surface area contributed by atoms with E-state index in [4.69, 9.17) is 9.47 Å². The fraction of sp³-hybridized carbons (Fsp3) is 0.412. The summed E-state index contributed by atoms with van der Waals surface area (Å²) in [6.45, 7) is 1.43. The summed E-state index contributed by atoms with van der Waals surface area (Å²) < 4.78 is 10.7. The van der Waals surface area contributed by atoms with E-state index in [0.717, 1.165) is 36.6 Å². The van der Waals surface area contributed by atoms with Crippen molar-refractivity contribution in [3.63, 3.8) is 0 Å². The van der Waals surface area contributed by atoms with Crippen LogP contribution in [0.3, 0.4) is 0 Å². The summed E-state index contributed by atoms with van der Waals surface area (Å²) in [6, 6.07) is 7.88. The minimum Gasteiger partial charge on any atom is -0.501 e. The molecule has 1 aliphatic rings. The molecule has 1 aliphatic carbocycles.